The van der Waals surface area contributed by atoms with Gasteiger partial charge in [0.1, 0.15) is 6.10 Å². The third kappa shape index (κ3) is 2.33. The number of fused-ring (bicyclic) bond motifs is 1. The van der Waals surface area contributed by atoms with Crippen molar-refractivity contribution in [3.63, 3.8) is 0 Å². The van der Waals surface area contributed by atoms with Crippen LogP contribution < -0.4 is 0 Å². The van der Waals surface area contributed by atoms with Gasteiger partial charge < -0.3 is 9.64 Å². The minimum atomic E-state index is -0.131. The summed E-state index contributed by atoms with van der Waals surface area (Å²) < 4.78 is 5.45. The first kappa shape index (κ1) is 11.7. The number of hydrogen-bond donors (Lipinski definition) is 0. The van der Waals surface area contributed by atoms with E-state index in [0.717, 1.165) is 19.3 Å². The molecule has 0 N–H and O–H groups in total. The second-order valence-corrected chi connectivity index (χ2v) is 6.05. The van der Waals surface area contributed by atoms with Crippen molar-refractivity contribution in [1.82, 2.24) is 4.90 Å². The number of carbonyl (C=O) groups excluding carboxylic acids is 1. The first-order valence-electron chi connectivity index (χ1n) is 6.43. The average Bonchev–Trinajstić information content (AvgIpc) is 2.51. The molecule has 16 heavy (non-hydrogen) atoms. The van der Waals surface area contributed by atoms with Crippen LogP contribution >= 0.6 is 0 Å². The SMILES string of the molecule is CN1C(=O)OC2CCC(C)(C)CCCCC21. The van der Waals surface area contributed by atoms with Crippen LogP contribution in [0.4, 0.5) is 4.79 Å². The van der Waals surface area contributed by atoms with Gasteiger partial charge in [0.25, 0.3) is 0 Å². The Bertz CT molecular complexity index is 275. The average molecular weight is 225 g/mol. The smallest absolute Gasteiger partial charge is 0.410 e. The van der Waals surface area contributed by atoms with Gasteiger partial charge in [0, 0.05) is 7.05 Å². The predicted octanol–water partition coefficient (Wildman–Crippen LogP) is 3.19. The second kappa shape index (κ2) is 4.27. The number of rotatable bonds is 0. The molecule has 0 aromatic heterocycles. The van der Waals surface area contributed by atoms with Crippen LogP contribution in [-0.2, 0) is 4.74 Å². The van der Waals surface area contributed by atoms with Crippen LogP contribution in [0.15, 0.2) is 0 Å². The lowest BCUT2D eigenvalue weighted by Crippen LogP contribution is -2.33. The summed E-state index contributed by atoms with van der Waals surface area (Å²) >= 11 is 0. The van der Waals surface area contributed by atoms with Crippen molar-refractivity contribution in [2.45, 2.75) is 64.5 Å². The Morgan fingerprint density at radius 2 is 2.00 bits per heavy atom. The molecule has 0 radical (unpaired) electrons. The van der Waals surface area contributed by atoms with Crippen molar-refractivity contribution < 1.29 is 9.53 Å². The number of hydrogen-bond acceptors (Lipinski definition) is 2. The van der Waals surface area contributed by atoms with E-state index in [9.17, 15) is 4.79 Å². The first-order chi connectivity index (χ1) is 7.49. The number of nitrogens with zero attached hydrogens (tertiary/aromatic N) is 1. The molecule has 1 aliphatic heterocycles. The van der Waals surface area contributed by atoms with Gasteiger partial charge in [-0.25, -0.2) is 4.79 Å². The van der Waals surface area contributed by atoms with Gasteiger partial charge in [0.2, 0.25) is 0 Å². The van der Waals surface area contributed by atoms with Gasteiger partial charge in [-0.15, -0.1) is 0 Å². The van der Waals surface area contributed by atoms with Crippen LogP contribution in [0.1, 0.15) is 52.4 Å². The normalized spacial score (nSPS) is 34.7. The van der Waals surface area contributed by atoms with Gasteiger partial charge in [-0.05, 0) is 31.1 Å². The summed E-state index contributed by atoms with van der Waals surface area (Å²) in [5, 5.41) is 0. The molecular weight excluding hydrogens is 202 g/mol. The highest BCUT2D eigenvalue weighted by Gasteiger charge is 2.40. The van der Waals surface area contributed by atoms with Crippen molar-refractivity contribution in [1.29, 1.82) is 0 Å². The van der Waals surface area contributed by atoms with E-state index < -0.39 is 0 Å². The van der Waals surface area contributed by atoms with Crippen LogP contribution in [0.2, 0.25) is 0 Å². The molecule has 1 saturated carbocycles. The second-order valence-electron chi connectivity index (χ2n) is 6.05. The number of ether oxygens (including phenoxy) is 1. The van der Waals surface area contributed by atoms with Crippen LogP contribution in [-0.4, -0.2) is 30.2 Å². The number of carbonyl (C=O) groups is 1. The van der Waals surface area contributed by atoms with Gasteiger partial charge in [-0.2, -0.15) is 0 Å². The molecule has 2 rings (SSSR count). The molecule has 1 aliphatic carbocycles. The Labute approximate surface area is 98.1 Å². The zero-order valence-electron chi connectivity index (χ0n) is 10.7. The van der Waals surface area contributed by atoms with Crippen molar-refractivity contribution >= 4 is 6.09 Å². The fourth-order valence-electron chi connectivity index (χ4n) is 2.92. The van der Waals surface area contributed by atoms with E-state index in [1.807, 2.05) is 7.05 Å². The van der Waals surface area contributed by atoms with E-state index in [1.165, 1.54) is 19.3 Å². The summed E-state index contributed by atoms with van der Waals surface area (Å²) in [7, 11) is 1.87. The van der Waals surface area contributed by atoms with Gasteiger partial charge in [-0.3, -0.25) is 0 Å². The molecule has 1 heterocycles. The summed E-state index contributed by atoms with van der Waals surface area (Å²) in [5.41, 5.74) is 0.405. The highest BCUT2D eigenvalue weighted by atomic mass is 16.6. The van der Waals surface area contributed by atoms with Crippen molar-refractivity contribution in [2.24, 2.45) is 5.41 Å². The van der Waals surface area contributed by atoms with Gasteiger partial charge in [0.05, 0.1) is 6.04 Å². The Morgan fingerprint density at radius 3 is 2.75 bits per heavy atom. The summed E-state index contributed by atoms with van der Waals surface area (Å²) in [6.07, 6.45) is 7.07. The maximum Gasteiger partial charge on any atom is 0.410 e. The molecule has 2 unspecified atom stereocenters. The zero-order chi connectivity index (χ0) is 11.8. The molecular formula is C13H23NO2. The minimum Gasteiger partial charge on any atom is -0.444 e. The highest BCUT2D eigenvalue weighted by molar-refractivity contribution is 5.70. The Morgan fingerprint density at radius 1 is 1.25 bits per heavy atom. The van der Waals surface area contributed by atoms with Gasteiger partial charge >= 0.3 is 6.09 Å². The lowest BCUT2D eigenvalue weighted by Gasteiger charge is -2.25. The fourth-order valence-corrected chi connectivity index (χ4v) is 2.92. The Hall–Kier alpha value is -0.730. The Kier molecular flexibility index (Phi) is 3.13. The van der Waals surface area contributed by atoms with E-state index in [1.54, 1.807) is 4.90 Å². The number of amides is 1. The van der Waals surface area contributed by atoms with Crippen molar-refractivity contribution in [3.8, 4) is 0 Å². The lowest BCUT2D eigenvalue weighted by atomic mass is 9.82. The largest absolute Gasteiger partial charge is 0.444 e. The molecule has 2 fully saturated rings. The van der Waals surface area contributed by atoms with Crippen LogP contribution in [0.25, 0.3) is 0 Å². The van der Waals surface area contributed by atoms with E-state index in [2.05, 4.69) is 13.8 Å². The van der Waals surface area contributed by atoms with Gasteiger partial charge in [-0.1, -0.05) is 26.7 Å². The first-order valence-corrected chi connectivity index (χ1v) is 6.43. The number of likely N-dealkylation sites (N-methyl/N-ethyl adjacent to an activating group) is 1. The van der Waals surface area contributed by atoms with Gasteiger partial charge in [0.15, 0.2) is 0 Å². The third-order valence-corrected chi connectivity index (χ3v) is 4.18. The van der Waals surface area contributed by atoms with Crippen molar-refractivity contribution in [3.05, 3.63) is 0 Å². The van der Waals surface area contributed by atoms with Crippen molar-refractivity contribution in [2.75, 3.05) is 7.05 Å². The summed E-state index contributed by atoms with van der Waals surface area (Å²) in [6.45, 7) is 4.65. The standard InChI is InChI=1S/C13H23NO2/c1-13(2)8-5-4-6-10-11(7-9-13)16-12(15)14(10)3/h10-11H,4-9H2,1-3H3. The predicted molar refractivity (Wildman–Crippen MR) is 63.3 cm³/mol. The van der Waals surface area contributed by atoms with Crippen LogP contribution in [0.5, 0.6) is 0 Å². The molecule has 0 aromatic carbocycles. The summed E-state index contributed by atoms with van der Waals surface area (Å²) in [6, 6.07) is 0.321. The summed E-state index contributed by atoms with van der Waals surface area (Å²) in [5.74, 6) is 0. The topological polar surface area (TPSA) is 29.5 Å². The third-order valence-electron chi connectivity index (χ3n) is 4.18. The molecule has 0 bridgehead atoms. The molecule has 1 saturated heterocycles. The Balaban J connectivity index is 2.06. The van der Waals surface area contributed by atoms with E-state index in [0.29, 0.717) is 11.5 Å². The molecule has 3 nitrogen and oxygen atoms in total. The molecule has 1 amide bonds. The maximum absolute atomic E-state index is 11.5. The molecule has 0 spiro atoms. The zero-order valence-corrected chi connectivity index (χ0v) is 10.7. The molecule has 0 aromatic rings. The van der Waals surface area contributed by atoms with E-state index in [-0.39, 0.29) is 12.2 Å². The maximum atomic E-state index is 11.5. The minimum absolute atomic E-state index is 0.131. The molecule has 92 valence electrons. The molecule has 3 heteroatoms. The van der Waals surface area contributed by atoms with E-state index in [4.69, 9.17) is 4.74 Å². The fraction of sp³-hybridized carbons (Fsp3) is 0.923. The molecule has 2 aliphatic rings. The molecule has 2 atom stereocenters. The van der Waals surface area contributed by atoms with Crippen LogP contribution in [0, 0.1) is 5.41 Å². The lowest BCUT2D eigenvalue weighted by molar-refractivity contribution is 0.115. The van der Waals surface area contributed by atoms with E-state index >= 15 is 0 Å². The highest BCUT2D eigenvalue weighted by Crippen LogP contribution is 2.36. The van der Waals surface area contributed by atoms with Crippen LogP contribution in [0.3, 0.4) is 0 Å². The summed E-state index contributed by atoms with van der Waals surface area (Å²) in [4.78, 5) is 13.3. The monoisotopic (exact) mass is 225 g/mol. The quantitative estimate of drug-likeness (QED) is 0.633.